The van der Waals surface area contributed by atoms with Crippen molar-refractivity contribution in [3.63, 3.8) is 0 Å². The molecule has 0 saturated heterocycles. The van der Waals surface area contributed by atoms with Gasteiger partial charge in [0, 0.05) is 0 Å². The molecule has 2 N–H and O–H groups in total. The van der Waals surface area contributed by atoms with Gasteiger partial charge < -0.3 is 0 Å². The van der Waals surface area contributed by atoms with Crippen LogP contribution in [-0.4, -0.2) is 20.7 Å². The maximum atomic E-state index is 11.7. The van der Waals surface area contributed by atoms with Crippen LogP contribution < -0.4 is 0 Å². The number of benzene rings is 4. The summed E-state index contributed by atoms with van der Waals surface area (Å²) in [6.45, 7) is 34.7. The molecule has 0 aromatic heterocycles. The molecular formula is C52H74HfO2S2-2. The fraction of sp³-hybridized carbons (Fsp3) is 0.500. The van der Waals surface area contributed by atoms with Crippen LogP contribution in [0.4, 0.5) is 0 Å². The summed E-state index contributed by atoms with van der Waals surface area (Å²) in [4.78, 5) is 0. The smallest absolute Gasteiger partial charge is 0.0866 e. The summed E-state index contributed by atoms with van der Waals surface area (Å²) in [6.07, 6.45) is 8.24. The molecule has 4 aromatic carbocycles. The van der Waals surface area contributed by atoms with Gasteiger partial charge in [-0.1, -0.05) is 12.1 Å². The van der Waals surface area contributed by atoms with Gasteiger partial charge in [-0.2, -0.15) is 49.2 Å². The third-order valence-electron chi connectivity index (χ3n) is 11.1. The van der Waals surface area contributed by atoms with Crippen LogP contribution in [0.2, 0.25) is 0 Å². The Labute approximate surface area is 360 Å². The summed E-state index contributed by atoms with van der Waals surface area (Å²) in [5.41, 5.74) is 9.43. The fourth-order valence-electron chi connectivity index (χ4n) is 7.51. The first-order chi connectivity index (χ1) is 26.5. The molecule has 0 amide bonds. The van der Waals surface area contributed by atoms with Crippen molar-refractivity contribution in [2.24, 2.45) is 0 Å². The first-order valence-corrected chi connectivity index (χ1v) is 32.8. The summed E-state index contributed by atoms with van der Waals surface area (Å²) >= 11 is -1.07. The van der Waals surface area contributed by atoms with Crippen LogP contribution in [-0.2, 0) is 52.0 Å². The van der Waals surface area contributed by atoms with E-state index in [1.54, 1.807) is 0 Å². The zero-order valence-electron chi connectivity index (χ0n) is 37.5. The summed E-state index contributed by atoms with van der Waals surface area (Å²) in [5.74, 6) is 3.29. The number of aromatic hydroxyl groups is 2. The maximum absolute atomic E-state index is 11.7. The third-order valence-corrected chi connectivity index (χ3v) is 40.3. The normalized spacial score (nSPS) is 19.9. The Kier molecular flexibility index (Phi) is 16.6. The minimum atomic E-state index is -1.07. The molecule has 0 spiro atoms. The van der Waals surface area contributed by atoms with E-state index >= 15 is 0 Å². The van der Waals surface area contributed by atoms with Gasteiger partial charge in [-0.15, -0.1) is 24.3 Å². The molecule has 1 heterocycles. The Morgan fingerprint density at radius 2 is 0.842 bits per heavy atom. The third kappa shape index (κ3) is 13.7. The molecule has 2 aliphatic rings. The van der Waals surface area contributed by atoms with Crippen LogP contribution in [0, 0.1) is 13.8 Å². The van der Waals surface area contributed by atoms with Crippen molar-refractivity contribution >= 4 is 14.4 Å². The van der Waals surface area contributed by atoms with Crippen molar-refractivity contribution in [2.45, 2.75) is 165 Å². The average molecular weight is 974 g/mol. The minimum Gasteiger partial charge on any atom is -0.199 e. The second-order valence-electron chi connectivity index (χ2n) is 20.3. The average Bonchev–Trinajstić information content (AvgIpc) is 3.39. The van der Waals surface area contributed by atoms with Crippen molar-refractivity contribution in [1.82, 2.24) is 0 Å². The SMILES string of the molecule is CC(C)(C)c1cc(C[S]2=[Hf]=[S](Cc3cc(C(C)(C)C)cc(C(C)(C)C)c3O)[C@H]3CCCCCC[C@@H]32)c(O)c(C(C)(C)C)c1.[CH2-]c1ccccc1.[CH2-]c1ccccc1. The van der Waals surface area contributed by atoms with E-state index < -0.39 is 18.9 Å². The van der Waals surface area contributed by atoms with E-state index in [1.807, 2.05) is 60.7 Å². The topological polar surface area (TPSA) is 40.5 Å². The molecule has 57 heavy (non-hydrogen) atoms. The largest absolute Gasteiger partial charge is 0.199 e. The number of hydrogen-bond donors (Lipinski definition) is 2. The number of phenols is 2. The van der Waals surface area contributed by atoms with Crippen molar-refractivity contribution in [1.29, 1.82) is 0 Å². The molecule has 1 aliphatic heterocycles. The van der Waals surface area contributed by atoms with Crippen molar-refractivity contribution in [3.8, 4) is 11.5 Å². The summed E-state index contributed by atoms with van der Waals surface area (Å²) in [7, 11) is 0.832. The van der Waals surface area contributed by atoms with Gasteiger partial charge in [0.05, 0.1) is 0 Å². The molecule has 0 bridgehead atoms. The van der Waals surface area contributed by atoms with Gasteiger partial charge in [-0.05, 0) is 0 Å². The second kappa shape index (κ2) is 19.9. The van der Waals surface area contributed by atoms with Gasteiger partial charge in [0.1, 0.15) is 0 Å². The molecule has 6 rings (SSSR count). The van der Waals surface area contributed by atoms with Crippen molar-refractivity contribution in [3.05, 3.63) is 143 Å². The van der Waals surface area contributed by atoms with Crippen LogP contribution in [0.3, 0.4) is 0 Å². The number of rotatable bonds is 4. The standard InChI is InChI=1S/C38H60O2S2.2C7H7.Hf/c1-35(2,3)27-19-25(33(39)29(21-27)37(7,8)9)23-41-31-17-15-13-14-16-18-32(31)42-24-26-20-28(36(4,5)6)22-30(34(26)40)38(10,11)12;2*1-7-5-3-2-4-6-7;/h19-22,31-32,39-40H,13-18,23-24H2,1-12H3;2*2-6H,1H2;/q;2*-1;/t31-,32-;;;/m0.../s1. The Bertz CT molecular complexity index is 1860. The predicted molar refractivity (Wildman–Crippen MR) is 251 cm³/mol. The van der Waals surface area contributed by atoms with Crippen LogP contribution in [0.15, 0.2) is 84.9 Å². The van der Waals surface area contributed by atoms with Gasteiger partial charge in [0.2, 0.25) is 0 Å². The predicted octanol–water partition coefficient (Wildman–Crippen LogP) is 15.3. The van der Waals surface area contributed by atoms with Crippen LogP contribution in [0.1, 0.15) is 166 Å². The molecule has 1 fully saturated rings. The molecule has 4 aromatic rings. The Morgan fingerprint density at radius 3 is 1.11 bits per heavy atom. The molecule has 0 radical (unpaired) electrons. The van der Waals surface area contributed by atoms with E-state index in [4.69, 9.17) is 0 Å². The first kappa shape index (κ1) is 47.5. The monoisotopic (exact) mass is 974 g/mol. The molecule has 4 atom stereocenters. The van der Waals surface area contributed by atoms with Gasteiger partial charge in [-0.3, -0.25) is 0 Å². The molecular weight excluding hydrogens is 899 g/mol. The van der Waals surface area contributed by atoms with Gasteiger partial charge in [0.25, 0.3) is 0 Å². The number of phenolic OH excluding ortho intramolecular Hbond substituents is 2. The Balaban J connectivity index is 0.000000428. The summed E-state index contributed by atoms with van der Waals surface area (Å²) < 4.78 is 0. The molecule has 2 unspecified atom stereocenters. The number of fused-ring (bicyclic) bond motifs is 1. The van der Waals surface area contributed by atoms with E-state index in [1.165, 1.54) is 60.8 Å². The molecule has 5 heteroatoms. The zero-order chi connectivity index (χ0) is 42.3. The quantitative estimate of drug-likeness (QED) is 0.158. The van der Waals surface area contributed by atoms with Crippen molar-refractivity contribution < 1.29 is 29.1 Å². The van der Waals surface area contributed by atoms with E-state index in [-0.39, 0.29) is 21.7 Å². The first-order valence-electron chi connectivity index (χ1n) is 21.1. The molecule has 1 aliphatic carbocycles. The minimum absolute atomic E-state index is 0.0522. The van der Waals surface area contributed by atoms with Crippen LogP contribution in [0.25, 0.3) is 0 Å². The van der Waals surface area contributed by atoms with Gasteiger partial charge >= 0.3 is 278 Å². The van der Waals surface area contributed by atoms with E-state index in [9.17, 15) is 10.2 Å². The second-order valence-corrected chi connectivity index (χ2v) is 41.2. The van der Waals surface area contributed by atoms with E-state index in [0.717, 1.165) is 44.3 Å². The summed E-state index contributed by atoms with van der Waals surface area (Å²) in [6, 6.07) is 29.0. The van der Waals surface area contributed by atoms with Crippen LogP contribution >= 0.6 is 14.4 Å². The zero-order valence-corrected chi connectivity index (χ0v) is 42.7. The molecule has 1 saturated carbocycles. The number of hydrogen-bond acceptors (Lipinski definition) is 2. The maximum Gasteiger partial charge on any atom is -0.0866 e. The van der Waals surface area contributed by atoms with E-state index in [2.05, 4.69) is 121 Å². The Morgan fingerprint density at radius 1 is 0.509 bits per heavy atom. The molecule has 312 valence electrons. The van der Waals surface area contributed by atoms with Gasteiger partial charge in [-0.25, -0.2) is 0 Å². The van der Waals surface area contributed by atoms with Crippen molar-refractivity contribution in [2.75, 3.05) is 0 Å². The van der Waals surface area contributed by atoms with E-state index in [0.29, 0.717) is 25.9 Å². The van der Waals surface area contributed by atoms with Crippen LogP contribution in [0.5, 0.6) is 11.5 Å². The summed E-state index contributed by atoms with van der Waals surface area (Å²) in [5, 5.41) is 25.1. The fourth-order valence-corrected chi connectivity index (χ4v) is 46.6. The van der Waals surface area contributed by atoms with Gasteiger partial charge in [0.15, 0.2) is 0 Å². The molecule has 2 nitrogen and oxygen atoms in total. The Hall–Kier alpha value is -2.21.